The Morgan fingerprint density at radius 2 is 1.95 bits per heavy atom. The number of para-hydroxylation sites is 1. The molecule has 0 saturated heterocycles. The van der Waals surface area contributed by atoms with Crippen LogP contribution < -0.4 is 10.1 Å². The quantitative estimate of drug-likeness (QED) is 0.848. The van der Waals surface area contributed by atoms with Crippen LogP contribution >= 0.6 is 15.9 Å². The Kier molecular flexibility index (Phi) is 5.39. The first-order valence-electron chi connectivity index (χ1n) is 6.85. The smallest absolute Gasteiger partial charge is 0.255 e. The van der Waals surface area contributed by atoms with Crippen molar-refractivity contribution in [2.75, 3.05) is 11.9 Å². The Balaban J connectivity index is 2.09. The minimum absolute atomic E-state index is 0.156. The largest absolute Gasteiger partial charge is 0.493 e. The monoisotopic (exact) mass is 347 g/mol. The van der Waals surface area contributed by atoms with Crippen molar-refractivity contribution in [1.82, 2.24) is 0 Å². The van der Waals surface area contributed by atoms with Gasteiger partial charge in [-0.1, -0.05) is 32.0 Å². The van der Waals surface area contributed by atoms with E-state index in [9.17, 15) is 4.79 Å². The molecule has 0 aliphatic rings. The standard InChI is InChI=1S/C17H18BrNO2/c1-12(2)11-21-14-7-5-6-13(10-14)17(20)19-16-9-4-3-8-15(16)18/h3-10,12H,11H2,1-2H3,(H,19,20). The Labute approximate surface area is 133 Å². The number of benzene rings is 2. The van der Waals surface area contributed by atoms with Crippen LogP contribution in [0.2, 0.25) is 0 Å². The Morgan fingerprint density at radius 1 is 1.19 bits per heavy atom. The molecule has 1 amide bonds. The number of anilines is 1. The molecule has 2 aromatic rings. The van der Waals surface area contributed by atoms with Gasteiger partial charge in [0.2, 0.25) is 0 Å². The van der Waals surface area contributed by atoms with Crippen molar-refractivity contribution in [3.05, 3.63) is 58.6 Å². The van der Waals surface area contributed by atoms with Crippen LogP contribution in [-0.2, 0) is 0 Å². The molecule has 21 heavy (non-hydrogen) atoms. The molecule has 4 heteroatoms. The van der Waals surface area contributed by atoms with E-state index >= 15 is 0 Å². The van der Waals surface area contributed by atoms with E-state index in [1.807, 2.05) is 36.4 Å². The van der Waals surface area contributed by atoms with Gasteiger partial charge in [0.15, 0.2) is 0 Å². The Morgan fingerprint density at radius 3 is 2.67 bits per heavy atom. The van der Waals surface area contributed by atoms with Gasteiger partial charge in [-0.3, -0.25) is 4.79 Å². The number of carbonyl (C=O) groups excluding carboxylic acids is 1. The zero-order chi connectivity index (χ0) is 15.2. The first-order chi connectivity index (χ1) is 10.1. The van der Waals surface area contributed by atoms with E-state index in [1.165, 1.54) is 0 Å². The number of carbonyl (C=O) groups is 1. The second-order valence-corrected chi connectivity index (χ2v) is 6.02. The van der Waals surface area contributed by atoms with Crippen molar-refractivity contribution < 1.29 is 9.53 Å². The molecule has 1 N–H and O–H groups in total. The zero-order valence-electron chi connectivity index (χ0n) is 12.1. The maximum Gasteiger partial charge on any atom is 0.255 e. The fourth-order valence-corrected chi connectivity index (χ4v) is 2.13. The Hall–Kier alpha value is -1.81. The highest BCUT2D eigenvalue weighted by molar-refractivity contribution is 9.10. The normalized spacial score (nSPS) is 10.5. The Bertz CT molecular complexity index is 626. The SMILES string of the molecule is CC(C)COc1cccc(C(=O)Nc2ccccc2Br)c1. The molecule has 0 heterocycles. The molecule has 0 spiro atoms. The average Bonchev–Trinajstić information content (AvgIpc) is 2.48. The van der Waals surface area contributed by atoms with E-state index in [1.54, 1.807) is 12.1 Å². The van der Waals surface area contributed by atoms with Gasteiger partial charge in [0.05, 0.1) is 12.3 Å². The summed E-state index contributed by atoms with van der Waals surface area (Å²) in [6, 6.07) is 14.7. The van der Waals surface area contributed by atoms with Gasteiger partial charge in [0, 0.05) is 10.0 Å². The second-order valence-electron chi connectivity index (χ2n) is 5.17. The summed E-state index contributed by atoms with van der Waals surface area (Å²) in [6.45, 7) is 4.81. The molecule has 0 aromatic heterocycles. The summed E-state index contributed by atoms with van der Waals surface area (Å²) in [5.41, 5.74) is 1.32. The highest BCUT2D eigenvalue weighted by Crippen LogP contribution is 2.22. The lowest BCUT2D eigenvalue weighted by molar-refractivity contribution is 0.102. The van der Waals surface area contributed by atoms with Gasteiger partial charge in [-0.05, 0) is 52.2 Å². The second kappa shape index (κ2) is 7.27. The summed E-state index contributed by atoms with van der Waals surface area (Å²) in [7, 11) is 0. The van der Waals surface area contributed by atoms with Crippen LogP contribution in [0.1, 0.15) is 24.2 Å². The van der Waals surface area contributed by atoms with Crippen molar-refractivity contribution >= 4 is 27.5 Å². The van der Waals surface area contributed by atoms with E-state index in [4.69, 9.17) is 4.74 Å². The van der Waals surface area contributed by atoms with E-state index < -0.39 is 0 Å². The molecular weight excluding hydrogens is 330 g/mol. The molecule has 110 valence electrons. The van der Waals surface area contributed by atoms with Gasteiger partial charge in [0.1, 0.15) is 5.75 Å². The summed E-state index contributed by atoms with van der Waals surface area (Å²) < 4.78 is 6.50. The minimum atomic E-state index is -0.156. The van der Waals surface area contributed by atoms with Crippen molar-refractivity contribution in [2.45, 2.75) is 13.8 Å². The highest BCUT2D eigenvalue weighted by atomic mass is 79.9. The van der Waals surface area contributed by atoms with Gasteiger partial charge in [-0.15, -0.1) is 0 Å². The number of amides is 1. The molecular formula is C17H18BrNO2. The minimum Gasteiger partial charge on any atom is -0.493 e. The molecule has 2 rings (SSSR count). The summed E-state index contributed by atoms with van der Waals surface area (Å²) in [5, 5.41) is 2.88. The fraction of sp³-hybridized carbons (Fsp3) is 0.235. The fourth-order valence-electron chi connectivity index (χ4n) is 1.75. The lowest BCUT2D eigenvalue weighted by atomic mass is 10.2. The van der Waals surface area contributed by atoms with Gasteiger partial charge >= 0.3 is 0 Å². The van der Waals surface area contributed by atoms with E-state index in [2.05, 4.69) is 35.1 Å². The molecule has 0 atom stereocenters. The summed E-state index contributed by atoms with van der Waals surface area (Å²) >= 11 is 3.41. The molecule has 0 radical (unpaired) electrons. The maximum atomic E-state index is 12.3. The third kappa shape index (κ3) is 4.60. The molecule has 0 unspecified atom stereocenters. The molecule has 0 bridgehead atoms. The average molecular weight is 348 g/mol. The number of halogens is 1. The van der Waals surface area contributed by atoms with Crippen LogP contribution in [0.15, 0.2) is 53.0 Å². The molecule has 0 aliphatic heterocycles. The number of hydrogen-bond donors (Lipinski definition) is 1. The first-order valence-corrected chi connectivity index (χ1v) is 7.64. The number of nitrogens with one attached hydrogen (secondary N) is 1. The van der Waals surface area contributed by atoms with Gasteiger partial charge in [-0.25, -0.2) is 0 Å². The maximum absolute atomic E-state index is 12.3. The third-order valence-electron chi connectivity index (χ3n) is 2.80. The number of hydrogen-bond acceptors (Lipinski definition) is 2. The highest BCUT2D eigenvalue weighted by Gasteiger charge is 2.09. The summed E-state index contributed by atoms with van der Waals surface area (Å²) in [5.74, 6) is 1.00. The van der Waals surface area contributed by atoms with Crippen molar-refractivity contribution in [2.24, 2.45) is 5.92 Å². The van der Waals surface area contributed by atoms with Crippen LogP contribution in [0.25, 0.3) is 0 Å². The van der Waals surface area contributed by atoms with Crippen LogP contribution in [0.5, 0.6) is 5.75 Å². The predicted molar refractivity (Wildman–Crippen MR) is 88.9 cm³/mol. The summed E-state index contributed by atoms with van der Waals surface area (Å²) in [4.78, 5) is 12.3. The lowest BCUT2D eigenvalue weighted by Gasteiger charge is -2.11. The van der Waals surface area contributed by atoms with Crippen LogP contribution in [-0.4, -0.2) is 12.5 Å². The molecule has 0 fully saturated rings. The lowest BCUT2D eigenvalue weighted by Crippen LogP contribution is -2.12. The van der Waals surface area contributed by atoms with Crippen LogP contribution in [0.3, 0.4) is 0 Å². The topological polar surface area (TPSA) is 38.3 Å². The van der Waals surface area contributed by atoms with Crippen molar-refractivity contribution in [3.63, 3.8) is 0 Å². The van der Waals surface area contributed by atoms with Gasteiger partial charge in [0.25, 0.3) is 5.91 Å². The first kappa shape index (κ1) is 15.6. The molecule has 0 saturated carbocycles. The van der Waals surface area contributed by atoms with E-state index in [-0.39, 0.29) is 5.91 Å². The van der Waals surface area contributed by atoms with Crippen molar-refractivity contribution in [3.8, 4) is 5.75 Å². The molecule has 2 aromatic carbocycles. The summed E-state index contributed by atoms with van der Waals surface area (Å²) in [6.07, 6.45) is 0. The number of rotatable bonds is 5. The molecule has 3 nitrogen and oxygen atoms in total. The predicted octanol–water partition coefficient (Wildman–Crippen LogP) is 4.74. The van der Waals surface area contributed by atoms with Gasteiger partial charge < -0.3 is 10.1 Å². The molecule has 0 aliphatic carbocycles. The van der Waals surface area contributed by atoms with Crippen molar-refractivity contribution in [1.29, 1.82) is 0 Å². The van der Waals surface area contributed by atoms with Gasteiger partial charge in [-0.2, -0.15) is 0 Å². The van der Waals surface area contributed by atoms with E-state index in [0.29, 0.717) is 23.8 Å². The van der Waals surface area contributed by atoms with E-state index in [0.717, 1.165) is 10.2 Å². The van der Waals surface area contributed by atoms with Crippen LogP contribution in [0, 0.1) is 5.92 Å². The number of ether oxygens (including phenoxy) is 1. The zero-order valence-corrected chi connectivity index (χ0v) is 13.7. The third-order valence-corrected chi connectivity index (χ3v) is 3.49. The van der Waals surface area contributed by atoms with Crippen LogP contribution in [0.4, 0.5) is 5.69 Å².